The molecule has 0 spiro atoms. The minimum Gasteiger partial charge on any atom is -0.497 e. The van der Waals surface area contributed by atoms with E-state index in [9.17, 15) is 9.59 Å². The molecule has 146 valence electrons. The van der Waals surface area contributed by atoms with Crippen molar-refractivity contribution in [2.45, 2.75) is 0 Å². The quantitative estimate of drug-likeness (QED) is 0.428. The number of carbonyl (C=O) groups is 2. The molecule has 0 aliphatic rings. The molecule has 0 unspecified atom stereocenters. The summed E-state index contributed by atoms with van der Waals surface area (Å²) in [5.74, 6) is 0.162. The summed E-state index contributed by atoms with van der Waals surface area (Å²) in [6.07, 6.45) is 1.55. The largest absolute Gasteiger partial charge is 0.497 e. The van der Waals surface area contributed by atoms with Crippen LogP contribution in [0.3, 0.4) is 0 Å². The van der Waals surface area contributed by atoms with E-state index in [1.165, 1.54) is 0 Å². The molecular weight excluding hydrogens is 434 g/mol. The average molecular weight is 452 g/mol. The van der Waals surface area contributed by atoms with Crippen LogP contribution in [-0.2, 0) is 0 Å². The summed E-state index contributed by atoms with van der Waals surface area (Å²) in [6.45, 7) is 0. The van der Waals surface area contributed by atoms with Crippen LogP contribution in [0.15, 0.2) is 82.4 Å². The fourth-order valence-corrected chi connectivity index (χ4v) is 2.93. The molecule has 0 atom stereocenters. The highest BCUT2D eigenvalue weighted by Gasteiger charge is 2.10. The van der Waals surface area contributed by atoms with Crippen molar-refractivity contribution in [3.8, 4) is 5.75 Å². The maximum absolute atomic E-state index is 12.3. The first-order valence-electron chi connectivity index (χ1n) is 8.70. The molecule has 0 aromatic heterocycles. The Morgan fingerprint density at radius 3 is 2.28 bits per heavy atom. The zero-order valence-corrected chi connectivity index (χ0v) is 17.1. The first-order valence-corrected chi connectivity index (χ1v) is 9.49. The fraction of sp³-hybridized carbons (Fsp3) is 0.0455. The van der Waals surface area contributed by atoms with E-state index < -0.39 is 0 Å². The molecular formula is C22H18BrN3O3. The van der Waals surface area contributed by atoms with Gasteiger partial charge in [0.25, 0.3) is 11.8 Å². The SMILES string of the molecule is COc1ccc(/C=N\NC(=O)c2ccc(NC(=O)c3ccccc3Br)cc2)cc1. The fourth-order valence-electron chi connectivity index (χ4n) is 2.47. The van der Waals surface area contributed by atoms with Gasteiger partial charge in [0.05, 0.1) is 18.9 Å². The first-order chi connectivity index (χ1) is 14.1. The van der Waals surface area contributed by atoms with Crippen LogP contribution in [0.2, 0.25) is 0 Å². The molecule has 0 fully saturated rings. The lowest BCUT2D eigenvalue weighted by Gasteiger charge is -2.07. The molecule has 0 saturated heterocycles. The van der Waals surface area contributed by atoms with Gasteiger partial charge in [-0.05, 0) is 82.2 Å². The Labute approximate surface area is 176 Å². The van der Waals surface area contributed by atoms with Gasteiger partial charge in [-0.1, -0.05) is 12.1 Å². The Kier molecular flexibility index (Phi) is 6.76. The van der Waals surface area contributed by atoms with E-state index in [2.05, 4.69) is 31.8 Å². The van der Waals surface area contributed by atoms with E-state index in [1.807, 2.05) is 30.3 Å². The molecule has 2 N–H and O–H groups in total. The van der Waals surface area contributed by atoms with Gasteiger partial charge in [-0.2, -0.15) is 5.10 Å². The van der Waals surface area contributed by atoms with Gasteiger partial charge in [-0.3, -0.25) is 9.59 Å². The standard InChI is InChI=1S/C22H18BrN3O3/c1-29-18-12-6-15(7-13-18)14-24-26-21(27)16-8-10-17(11-9-16)25-22(28)19-4-2-3-5-20(19)23/h2-14H,1H3,(H,25,28)(H,26,27)/b24-14-. The van der Waals surface area contributed by atoms with Crippen molar-refractivity contribution in [2.24, 2.45) is 5.10 Å². The monoisotopic (exact) mass is 451 g/mol. The predicted octanol–water partition coefficient (Wildman–Crippen LogP) is 4.47. The lowest BCUT2D eigenvalue weighted by Crippen LogP contribution is -2.18. The zero-order chi connectivity index (χ0) is 20.6. The van der Waals surface area contributed by atoms with Crippen LogP contribution >= 0.6 is 15.9 Å². The van der Waals surface area contributed by atoms with E-state index in [1.54, 1.807) is 55.8 Å². The number of anilines is 1. The summed E-state index contributed by atoms with van der Waals surface area (Å²) < 4.78 is 5.80. The maximum Gasteiger partial charge on any atom is 0.271 e. The molecule has 7 heteroatoms. The molecule has 3 aromatic carbocycles. The zero-order valence-electron chi connectivity index (χ0n) is 15.6. The molecule has 29 heavy (non-hydrogen) atoms. The van der Waals surface area contributed by atoms with Gasteiger partial charge in [0.1, 0.15) is 5.75 Å². The van der Waals surface area contributed by atoms with E-state index in [-0.39, 0.29) is 11.8 Å². The van der Waals surface area contributed by atoms with Crippen molar-refractivity contribution >= 4 is 39.6 Å². The van der Waals surface area contributed by atoms with Crippen LogP contribution < -0.4 is 15.5 Å². The topological polar surface area (TPSA) is 79.8 Å². The molecule has 0 radical (unpaired) electrons. The van der Waals surface area contributed by atoms with Crippen LogP contribution in [0.1, 0.15) is 26.3 Å². The van der Waals surface area contributed by atoms with E-state index in [0.717, 1.165) is 11.3 Å². The molecule has 3 aromatic rings. The second-order valence-corrected chi connectivity index (χ2v) is 6.84. The van der Waals surface area contributed by atoms with Crippen molar-refractivity contribution in [1.82, 2.24) is 5.43 Å². The number of benzene rings is 3. The summed E-state index contributed by atoms with van der Waals surface area (Å²) in [5, 5.41) is 6.75. The summed E-state index contributed by atoms with van der Waals surface area (Å²) in [6, 6.07) is 21.0. The highest BCUT2D eigenvalue weighted by atomic mass is 79.9. The third kappa shape index (κ3) is 5.52. The minimum absolute atomic E-state index is 0.237. The number of nitrogens with zero attached hydrogens (tertiary/aromatic N) is 1. The summed E-state index contributed by atoms with van der Waals surface area (Å²) in [7, 11) is 1.60. The van der Waals surface area contributed by atoms with Crippen molar-refractivity contribution in [1.29, 1.82) is 0 Å². The Bertz CT molecular complexity index is 1030. The number of nitrogens with one attached hydrogen (secondary N) is 2. The van der Waals surface area contributed by atoms with E-state index in [4.69, 9.17) is 4.74 Å². The summed E-state index contributed by atoms with van der Waals surface area (Å²) in [4.78, 5) is 24.5. The van der Waals surface area contributed by atoms with Crippen LogP contribution in [-0.4, -0.2) is 25.1 Å². The number of hydrogen-bond donors (Lipinski definition) is 2. The van der Waals surface area contributed by atoms with Gasteiger partial charge in [0, 0.05) is 15.7 Å². The van der Waals surface area contributed by atoms with Crippen molar-refractivity contribution in [3.63, 3.8) is 0 Å². The van der Waals surface area contributed by atoms with Gasteiger partial charge in [0.2, 0.25) is 0 Å². The highest BCUT2D eigenvalue weighted by molar-refractivity contribution is 9.10. The minimum atomic E-state index is -0.349. The molecule has 0 heterocycles. The Morgan fingerprint density at radius 2 is 1.62 bits per heavy atom. The number of rotatable bonds is 6. The smallest absolute Gasteiger partial charge is 0.271 e. The highest BCUT2D eigenvalue weighted by Crippen LogP contribution is 2.18. The van der Waals surface area contributed by atoms with Gasteiger partial charge in [-0.15, -0.1) is 0 Å². The Hall–Kier alpha value is -3.45. The normalized spacial score (nSPS) is 10.6. The number of ether oxygens (including phenoxy) is 1. The molecule has 3 rings (SSSR count). The van der Waals surface area contributed by atoms with Crippen LogP contribution in [0.4, 0.5) is 5.69 Å². The Morgan fingerprint density at radius 1 is 0.931 bits per heavy atom. The van der Waals surface area contributed by atoms with Crippen molar-refractivity contribution in [3.05, 3.63) is 94.0 Å². The first kappa shape index (κ1) is 20.3. The lowest BCUT2D eigenvalue weighted by molar-refractivity contribution is 0.0954. The number of amides is 2. The van der Waals surface area contributed by atoms with Crippen molar-refractivity contribution < 1.29 is 14.3 Å². The summed E-state index contributed by atoms with van der Waals surface area (Å²) in [5.41, 5.74) is 4.85. The van der Waals surface area contributed by atoms with Gasteiger partial charge in [0.15, 0.2) is 0 Å². The second-order valence-electron chi connectivity index (χ2n) is 5.98. The molecule has 0 saturated carbocycles. The third-order valence-corrected chi connectivity index (χ3v) is 4.71. The number of halogens is 1. The average Bonchev–Trinajstić information content (AvgIpc) is 2.75. The summed E-state index contributed by atoms with van der Waals surface area (Å²) >= 11 is 3.36. The molecule has 0 bridgehead atoms. The lowest BCUT2D eigenvalue weighted by atomic mass is 10.1. The number of carbonyl (C=O) groups excluding carboxylic acids is 2. The molecule has 0 aliphatic heterocycles. The van der Waals surface area contributed by atoms with Crippen LogP contribution in [0, 0.1) is 0 Å². The number of methoxy groups -OCH3 is 1. The Balaban J connectivity index is 1.57. The molecule has 2 amide bonds. The predicted molar refractivity (Wildman–Crippen MR) is 117 cm³/mol. The van der Waals surface area contributed by atoms with Crippen LogP contribution in [0.5, 0.6) is 5.75 Å². The van der Waals surface area contributed by atoms with E-state index in [0.29, 0.717) is 21.3 Å². The number of hydrogen-bond acceptors (Lipinski definition) is 4. The van der Waals surface area contributed by atoms with Crippen LogP contribution in [0.25, 0.3) is 0 Å². The molecule has 6 nitrogen and oxygen atoms in total. The van der Waals surface area contributed by atoms with Gasteiger partial charge >= 0.3 is 0 Å². The number of hydrazone groups is 1. The van der Waals surface area contributed by atoms with Gasteiger partial charge in [-0.25, -0.2) is 5.43 Å². The van der Waals surface area contributed by atoms with Crippen molar-refractivity contribution in [2.75, 3.05) is 12.4 Å². The molecule has 0 aliphatic carbocycles. The van der Waals surface area contributed by atoms with Gasteiger partial charge < -0.3 is 10.1 Å². The van der Waals surface area contributed by atoms with E-state index >= 15 is 0 Å². The maximum atomic E-state index is 12.3. The third-order valence-electron chi connectivity index (χ3n) is 4.02. The second kappa shape index (κ2) is 9.66.